The third-order valence-corrected chi connectivity index (χ3v) is 11.8. The van der Waals surface area contributed by atoms with Gasteiger partial charge in [0, 0.05) is 6.42 Å². The molecular weight excluding hydrogens is 468 g/mol. The monoisotopic (exact) mass is 528 g/mol. The van der Waals surface area contributed by atoms with Crippen molar-refractivity contribution < 1.29 is 9.53 Å². The largest absolute Gasteiger partial charge is 0.461 e. The second kappa shape index (κ2) is 13.2. The Morgan fingerprint density at radius 2 is 1.79 bits per heavy atom. The number of carbonyl (C=O) groups is 1. The van der Waals surface area contributed by atoms with Gasteiger partial charge in [0.2, 0.25) is 0 Å². The first-order chi connectivity index (χ1) is 18.2. The normalized spacial score (nSPS) is 37.2. The first-order valence-electron chi connectivity index (χ1n) is 16.5. The van der Waals surface area contributed by atoms with E-state index in [2.05, 4.69) is 58.3 Å². The van der Waals surface area contributed by atoms with Crippen molar-refractivity contribution in [3.8, 4) is 0 Å². The molecule has 4 rings (SSSR count). The van der Waals surface area contributed by atoms with Crippen LogP contribution in [0.3, 0.4) is 0 Å². The van der Waals surface area contributed by atoms with Gasteiger partial charge in [0.15, 0.2) is 0 Å². The number of hydrogen-bond acceptors (Lipinski definition) is 4. The molecule has 0 spiro atoms. The van der Waals surface area contributed by atoms with Crippen molar-refractivity contribution in [3.63, 3.8) is 0 Å². The van der Waals surface area contributed by atoms with Gasteiger partial charge < -0.3 is 15.4 Å². The van der Waals surface area contributed by atoms with E-state index in [0.29, 0.717) is 17.4 Å². The lowest BCUT2D eigenvalue weighted by molar-refractivity contribution is -0.150. The Kier molecular flexibility index (Phi) is 10.5. The zero-order valence-corrected chi connectivity index (χ0v) is 25.7. The van der Waals surface area contributed by atoms with E-state index in [4.69, 9.17) is 4.74 Å². The summed E-state index contributed by atoms with van der Waals surface area (Å²) in [6.07, 6.45) is 18.1. The van der Waals surface area contributed by atoms with Crippen LogP contribution >= 0.6 is 0 Å². The van der Waals surface area contributed by atoms with E-state index in [-0.39, 0.29) is 12.1 Å². The Hall–Kier alpha value is -0.870. The zero-order valence-electron chi connectivity index (χ0n) is 25.7. The molecule has 2 N–H and O–H groups in total. The molecule has 0 heterocycles. The Morgan fingerprint density at radius 3 is 2.55 bits per heavy atom. The summed E-state index contributed by atoms with van der Waals surface area (Å²) in [5, 5.41) is 6.58. The molecule has 3 fully saturated rings. The van der Waals surface area contributed by atoms with Crippen LogP contribution < -0.4 is 10.6 Å². The van der Waals surface area contributed by atoms with Crippen molar-refractivity contribution in [1.82, 2.24) is 10.6 Å². The van der Waals surface area contributed by atoms with Crippen LogP contribution in [0.25, 0.3) is 0 Å². The molecule has 0 aliphatic heterocycles. The average Bonchev–Trinajstić information content (AvgIpc) is 3.23. The lowest BCUT2D eigenvalue weighted by Gasteiger charge is -2.58. The number of allylic oxidation sites excluding steroid dienone is 1. The molecule has 4 aliphatic rings. The third kappa shape index (κ3) is 6.54. The second-order valence-corrected chi connectivity index (χ2v) is 14.5. The first-order valence-corrected chi connectivity index (χ1v) is 16.5. The van der Waals surface area contributed by atoms with E-state index in [9.17, 15) is 4.79 Å². The zero-order chi connectivity index (χ0) is 27.3. The van der Waals surface area contributed by atoms with Gasteiger partial charge in [-0.15, -0.1) is 0 Å². The lowest BCUT2D eigenvalue weighted by Crippen LogP contribution is -2.51. The minimum Gasteiger partial charge on any atom is -0.461 e. The molecule has 4 aliphatic carbocycles. The molecule has 0 aromatic carbocycles. The summed E-state index contributed by atoms with van der Waals surface area (Å²) in [7, 11) is 0. The van der Waals surface area contributed by atoms with E-state index in [1.165, 1.54) is 57.8 Å². The van der Waals surface area contributed by atoms with E-state index >= 15 is 0 Å². The molecule has 0 amide bonds. The molecule has 38 heavy (non-hydrogen) atoms. The molecular formula is C34H60N2O2. The van der Waals surface area contributed by atoms with Crippen molar-refractivity contribution in [2.24, 2.45) is 46.3 Å². The molecule has 0 bridgehead atoms. The van der Waals surface area contributed by atoms with Crippen LogP contribution in [-0.2, 0) is 9.53 Å². The SMILES string of the molecule is CCNCCCNCC(=O)OC1CC[C@@]2(C)C(=CCC3C2CC[C@@]2(C)C3CC[C@@H]2[C@H](C)CCCC(C)C)C1. The standard InChI is InChI=1S/C34H60N2O2/c1-7-35-20-9-21-36-23-32(37)38-27-16-18-33(5)26(22-27)12-13-28-30-15-14-29(25(4)11-8-10-24(2)3)34(30,6)19-17-31(28)33/h12,24-25,27-31,35-36H,7-11,13-23H2,1-6H3/t25-,27?,28?,29-,30?,31?,33+,34-/m1/s1. The predicted molar refractivity (Wildman–Crippen MR) is 159 cm³/mol. The molecule has 4 heteroatoms. The van der Waals surface area contributed by atoms with E-state index < -0.39 is 0 Å². The highest BCUT2D eigenvalue weighted by atomic mass is 16.5. The van der Waals surface area contributed by atoms with Crippen molar-refractivity contribution in [2.45, 2.75) is 125 Å². The molecule has 0 radical (unpaired) electrons. The van der Waals surface area contributed by atoms with Gasteiger partial charge in [-0.1, -0.05) is 72.5 Å². The summed E-state index contributed by atoms with van der Waals surface area (Å²) < 4.78 is 5.96. The van der Waals surface area contributed by atoms with Gasteiger partial charge >= 0.3 is 5.97 Å². The van der Waals surface area contributed by atoms with Crippen LogP contribution in [0.1, 0.15) is 119 Å². The molecule has 218 valence electrons. The predicted octanol–water partition coefficient (Wildman–Crippen LogP) is 7.53. The van der Waals surface area contributed by atoms with Crippen molar-refractivity contribution in [2.75, 3.05) is 26.2 Å². The maximum Gasteiger partial charge on any atom is 0.320 e. The number of ether oxygens (including phenoxy) is 1. The lowest BCUT2D eigenvalue weighted by atomic mass is 9.47. The van der Waals surface area contributed by atoms with Crippen LogP contribution in [0, 0.1) is 46.3 Å². The molecule has 0 aromatic rings. The number of esters is 1. The molecule has 4 unspecified atom stereocenters. The molecule has 0 saturated heterocycles. The molecule has 0 aromatic heterocycles. The van der Waals surface area contributed by atoms with Gasteiger partial charge in [0.25, 0.3) is 0 Å². The maximum absolute atomic E-state index is 12.5. The number of nitrogens with one attached hydrogen (secondary N) is 2. The van der Waals surface area contributed by atoms with E-state index in [1.54, 1.807) is 5.57 Å². The summed E-state index contributed by atoms with van der Waals surface area (Å²) in [5.74, 6) is 5.14. The number of rotatable bonds is 13. The van der Waals surface area contributed by atoms with E-state index in [0.717, 1.165) is 74.4 Å². The Bertz CT molecular complexity index is 808. The fourth-order valence-corrected chi connectivity index (χ4v) is 9.69. The average molecular weight is 529 g/mol. The third-order valence-electron chi connectivity index (χ3n) is 11.8. The quantitative estimate of drug-likeness (QED) is 0.147. The van der Waals surface area contributed by atoms with Crippen LogP contribution in [-0.4, -0.2) is 38.3 Å². The van der Waals surface area contributed by atoms with Gasteiger partial charge in [-0.3, -0.25) is 4.79 Å². The topological polar surface area (TPSA) is 50.4 Å². The number of fused-ring (bicyclic) bond motifs is 5. The van der Waals surface area contributed by atoms with Crippen LogP contribution in [0.4, 0.5) is 0 Å². The summed E-state index contributed by atoms with van der Waals surface area (Å²) in [4.78, 5) is 12.5. The van der Waals surface area contributed by atoms with Gasteiger partial charge in [-0.2, -0.15) is 0 Å². The summed E-state index contributed by atoms with van der Waals surface area (Å²) >= 11 is 0. The van der Waals surface area contributed by atoms with Gasteiger partial charge in [-0.05, 0) is 117 Å². The minimum atomic E-state index is -0.0794. The Balaban J connectivity index is 1.31. The van der Waals surface area contributed by atoms with Crippen molar-refractivity contribution in [3.05, 3.63) is 11.6 Å². The van der Waals surface area contributed by atoms with Crippen molar-refractivity contribution in [1.29, 1.82) is 0 Å². The second-order valence-electron chi connectivity index (χ2n) is 14.5. The molecule has 4 nitrogen and oxygen atoms in total. The smallest absolute Gasteiger partial charge is 0.320 e. The highest BCUT2D eigenvalue weighted by molar-refractivity contribution is 5.71. The fourth-order valence-electron chi connectivity index (χ4n) is 9.69. The summed E-state index contributed by atoms with van der Waals surface area (Å²) in [6, 6.07) is 0. The Labute approximate surface area is 234 Å². The highest BCUT2D eigenvalue weighted by Crippen LogP contribution is 2.67. The van der Waals surface area contributed by atoms with Gasteiger partial charge in [0.05, 0.1) is 6.54 Å². The minimum absolute atomic E-state index is 0.0679. The van der Waals surface area contributed by atoms with Crippen LogP contribution in [0.15, 0.2) is 11.6 Å². The molecule has 8 atom stereocenters. The van der Waals surface area contributed by atoms with Gasteiger partial charge in [0.1, 0.15) is 6.10 Å². The van der Waals surface area contributed by atoms with Crippen molar-refractivity contribution >= 4 is 5.97 Å². The van der Waals surface area contributed by atoms with Gasteiger partial charge in [-0.25, -0.2) is 0 Å². The highest BCUT2D eigenvalue weighted by Gasteiger charge is 2.59. The van der Waals surface area contributed by atoms with Crippen LogP contribution in [0.5, 0.6) is 0 Å². The first kappa shape index (κ1) is 30.1. The number of hydrogen-bond donors (Lipinski definition) is 2. The Morgan fingerprint density at radius 1 is 1.00 bits per heavy atom. The summed E-state index contributed by atoms with van der Waals surface area (Å²) in [5.41, 5.74) is 2.48. The summed E-state index contributed by atoms with van der Waals surface area (Å²) in [6.45, 7) is 17.9. The fraction of sp³-hybridized carbons (Fsp3) is 0.912. The van der Waals surface area contributed by atoms with Crippen LogP contribution in [0.2, 0.25) is 0 Å². The maximum atomic E-state index is 12.5. The number of carbonyl (C=O) groups excluding carboxylic acids is 1. The molecule has 3 saturated carbocycles. The van der Waals surface area contributed by atoms with E-state index in [1.807, 2.05) is 0 Å².